The zero-order valence-corrected chi connectivity index (χ0v) is 21.2. The van der Waals surface area contributed by atoms with Crippen LogP contribution in [0.5, 0.6) is 11.5 Å². The minimum absolute atomic E-state index is 0.0620. The molecule has 4 rings (SSSR count). The molecule has 0 aliphatic rings. The highest BCUT2D eigenvalue weighted by Crippen LogP contribution is 2.30. The molecule has 0 aliphatic heterocycles. The van der Waals surface area contributed by atoms with Gasteiger partial charge in [0.1, 0.15) is 11.6 Å². The van der Waals surface area contributed by atoms with E-state index in [2.05, 4.69) is 5.32 Å². The highest BCUT2D eigenvalue weighted by atomic mass is 32.2. The van der Waals surface area contributed by atoms with Crippen LogP contribution in [0.4, 0.5) is 15.8 Å². The van der Waals surface area contributed by atoms with Gasteiger partial charge in [-0.15, -0.1) is 0 Å². The van der Waals surface area contributed by atoms with E-state index < -0.39 is 16.0 Å². The van der Waals surface area contributed by atoms with Crippen LogP contribution < -0.4 is 14.4 Å². The number of rotatable bonds is 9. The summed E-state index contributed by atoms with van der Waals surface area (Å²) < 4.78 is 48.3. The number of hydrogen-bond donors (Lipinski definition) is 1. The van der Waals surface area contributed by atoms with Crippen molar-refractivity contribution in [2.24, 2.45) is 0 Å². The summed E-state index contributed by atoms with van der Waals surface area (Å²) in [4.78, 5) is 12.9. The molecular weight excluding hydrogens is 493 g/mol. The summed E-state index contributed by atoms with van der Waals surface area (Å²) in [5.74, 6) is 0.122. The summed E-state index contributed by atoms with van der Waals surface area (Å²) in [7, 11) is -1.21. The highest BCUT2D eigenvalue weighted by molar-refractivity contribution is 7.90. The average molecular weight is 520 g/mol. The Morgan fingerprint density at radius 1 is 0.838 bits per heavy atom. The molecule has 9 heteroatoms. The molecular formula is C28H26FN3O4S. The number of hydrogen-bond acceptors (Lipinski definition) is 4. The van der Waals surface area contributed by atoms with Crippen LogP contribution in [0.1, 0.15) is 15.9 Å². The van der Waals surface area contributed by atoms with Gasteiger partial charge in [-0.3, -0.25) is 9.10 Å². The Labute approximate surface area is 215 Å². The Morgan fingerprint density at radius 3 is 2.14 bits per heavy atom. The van der Waals surface area contributed by atoms with E-state index in [4.69, 9.17) is 4.74 Å². The minimum Gasteiger partial charge on any atom is -0.455 e. The predicted octanol–water partition coefficient (Wildman–Crippen LogP) is 5.68. The van der Waals surface area contributed by atoms with Crippen LogP contribution in [0.2, 0.25) is 0 Å². The first-order valence-electron chi connectivity index (χ1n) is 11.4. The number of nitrogens with zero attached hydrogens (tertiary/aromatic N) is 2. The topological polar surface area (TPSA) is 79.0 Å². The van der Waals surface area contributed by atoms with Gasteiger partial charge in [-0.2, -0.15) is 12.7 Å². The van der Waals surface area contributed by atoms with Gasteiger partial charge in [0.15, 0.2) is 5.75 Å². The lowest BCUT2D eigenvalue weighted by molar-refractivity contribution is 0.102. The molecule has 1 amide bonds. The van der Waals surface area contributed by atoms with E-state index in [1.54, 1.807) is 48.5 Å². The van der Waals surface area contributed by atoms with Crippen molar-refractivity contribution in [1.29, 1.82) is 0 Å². The third-order valence-corrected chi connectivity index (χ3v) is 7.32. The number of halogens is 1. The van der Waals surface area contributed by atoms with Gasteiger partial charge in [0, 0.05) is 19.7 Å². The molecule has 37 heavy (non-hydrogen) atoms. The molecule has 0 atom stereocenters. The van der Waals surface area contributed by atoms with Gasteiger partial charge in [0.2, 0.25) is 0 Å². The first kappa shape index (κ1) is 25.9. The molecule has 190 valence electrons. The summed E-state index contributed by atoms with van der Waals surface area (Å²) in [5, 5.41) is 2.85. The molecule has 0 aromatic heterocycles. The van der Waals surface area contributed by atoms with E-state index >= 15 is 0 Å². The van der Waals surface area contributed by atoms with Crippen LogP contribution >= 0.6 is 0 Å². The highest BCUT2D eigenvalue weighted by Gasteiger charge is 2.27. The van der Waals surface area contributed by atoms with E-state index in [-0.39, 0.29) is 18.1 Å². The molecule has 4 aromatic carbocycles. The van der Waals surface area contributed by atoms with Gasteiger partial charge < -0.3 is 10.1 Å². The van der Waals surface area contributed by atoms with E-state index in [9.17, 15) is 17.6 Å². The predicted molar refractivity (Wildman–Crippen MR) is 143 cm³/mol. The Kier molecular flexibility index (Phi) is 7.86. The Bertz CT molecular complexity index is 1480. The lowest BCUT2D eigenvalue weighted by atomic mass is 10.1. The van der Waals surface area contributed by atoms with Crippen molar-refractivity contribution in [2.75, 3.05) is 23.7 Å². The number of para-hydroxylation sites is 4. The first-order chi connectivity index (χ1) is 17.8. The molecule has 0 fully saturated rings. The molecule has 0 spiro atoms. The second kappa shape index (κ2) is 11.2. The van der Waals surface area contributed by atoms with Crippen molar-refractivity contribution in [2.45, 2.75) is 6.54 Å². The number of amides is 1. The molecule has 0 heterocycles. The number of benzene rings is 4. The van der Waals surface area contributed by atoms with Gasteiger partial charge in [-0.1, -0.05) is 54.6 Å². The molecule has 7 nitrogen and oxygen atoms in total. The van der Waals surface area contributed by atoms with E-state index in [0.29, 0.717) is 28.3 Å². The lowest BCUT2D eigenvalue weighted by Gasteiger charge is -2.27. The van der Waals surface area contributed by atoms with Crippen molar-refractivity contribution in [3.63, 3.8) is 0 Å². The Hall–Kier alpha value is -4.21. The quantitative estimate of drug-likeness (QED) is 0.308. The Morgan fingerprint density at radius 2 is 1.46 bits per heavy atom. The van der Waals surface area contributed by atoms with E-state index in [1.165, 1.54) is 32.3 Å². The average Bonchev–Trinajstić information content (AvgIpc) is 2.89. The smallest absolute Gasteiger partial charge is 0.303 e. The summed E-state index contributed by atoms with van der Waals surface area (Å²) in [6.07, 6.45) is 0. The third-order valence-electron chi connectivity index (χ3n) is 5.51. The largest absolute Gasteiger partial charge is 0.455 e. The van der Waals surface area contributed by atoms with Crippen LogP contribution in [0.15, 0.2) is 103 Å². The van der Waals surface area contributed by atoms with Crippen LogP contribution in [-0.4, -0.2) is 32.7 Å². The zero-order chi connectivity index (χ0) is 26.4. The molecule has 1 N–H and O–H groups in total. The molecule has 0 bridgehead atoms. The van der Waals surface area contributed by atoms with Gasteiger partial charge in [-0.05, 0) is 54.1 Å². The van der Waals surface area contributed by atoms with Crippen molar-refractivity contribution < 1.29 is 22.3 Å². The fraction of sp³-hybridized carbons (Fsp3) is 0.107. The van der Waals surface area contributed by atoms with E-state index in [0.717, 1.165) is 8.61 Å². The standard InChI is InChI=1S/C28H26FN3O4S/c1-31(2)37(34,35)32(26-14-8-6-12-24(26)29)20-21-16-18-22(19-17-21)28(33)30-25-13-7-9-15-27(25)36-23-10-4-3-5-11-23/h3-19H,20H2,1-2H3,(H,30,33). The first-order valence-corrected chi connectivity index (χ1v) is 12.8. The third kappa shape index (κ3) is 6.14. The van der Waals surface area contributed by atoms with Gasteiger partial charge >= 0.3 is 10.2 Å². The molecule has 0 unspecified atom stereocenters. The minimum atomic E-state index is -3.98. The van der Waals surface area contributed by atoms with E-state index in [1.807, 2.05) is 36.4 Å². The summed E-state index contributed by atoms with van der Waals surface area (Å²) in [6, 6.07) is 28.5. The van der Waals surface area contributed by atoms with Gasteiger partial charge in [0.25, 0.3) is 5.91 Å². The second-order valence-corrected chi connectivity index (χ2v) is 10.4. The van der Waals surface area contributed by atoms with Crippen LogP contribution in [0.25, 0.3) is 0 Å². The lowest BCUT2D eigenvalue weighted by Crippen LogP contribution is -2.40. The fourth-order valence-corrected chi connectivity index (χ4v) is 4.64. The second-order valence-electron chi connectivity index (χ2n) is 8.31. The molecule has 0 saturated heterocycles. The summed E-state index contributed by atoms with van der Waals surface area (Å²) >= 11 is 0. The maximum Gasteiger partial charge on any atom is 0.303 e. The molecule has 0 radical (unpaired) electrons. The maximum absolute atomic E-state index is 14.5. The molecule has 0 saturated carbocycles. The Balaban J connectivity index is 1.52. The number of carbonyl (C=O) groups is 1. The number of anilines is 2. The van der Waals surface area contributed by atoms with Crippen molar-refractivity contribution >= 4 is 27.5 Å². The normalized spacial score (nSPS) is 11.2. The summed E-state index contributed by atoms with van der Waals surface area (Å²) in [6.45, 7) is -0.114. The maximum atomic E-state index is 14.5. The van der Waals surface area contributed by atoms with Crippen molar-refractivity contribution in [1.82, 2.24) is 4.31 Å². The van der Waals surface area contributed by atoms with Crippen LogP contribution in [0, 0.1) is 5.82 Å². The number of ether oxygens (including phenoxy) is 1. The van der Waals surface area contributed by atoms with Gasteiger partial charge in [0.05, 0.1) is 17.9 Å². The number of nitrogens with one attached hydrogen (secondary N) is 1. The fourth-order valence-electron chi connectivity index (χ4n) is 3.54. The van der Waals surface area contributed by atoms with Crippen LogP contribution in [-0.2, 0) is 16.8 Å². The number of carbonyl (C=O) groups excluding carboxylic acids is 1. The SMILES string of the molecule is CN(C)S(=O)(=O)N(Cc1ccc(C(=O)Nc2ccccc2Oc2ccccc2)cc1)c1ccccc1F. The van der Waals surface area contributed by atoms with Crippen molar-refractivity contribution in [3.05, 3.63) is 120 Å². The van der Waals surface area contributed by atoms with Crippen molar-refractivity contribution in [3.8, 4) is 11.5 Å². The monoisotopic (exact) mass is 519 g/mol. The molecule has 4 aromatic rings. The molecule has 0 aliphatic carbocycles. The van der Waals surface area contributed by atoms with Crippen LogP contribution in [0.3, 0.4) is 0 Å². The summed E-state index contributed by atoms with van der Waals surface area (Å²) in [5.41, 5.74) is 1.39. The van der Waals surface area contributed by atoms with Gasteiger partial charge in [-0.25, -0.2) is 4.39 Å². The zero-order valence-electron chi connectivity index (χ0n) is 20.3.